The van der Waals surface area contributed by atoms with Crippen LogP contribution >= 0.6 is 0 Å². The first-order chi connectivity index (χ1) is 20.6. The third-order valence-corrected chi connectivity index (χ3v) is 9.10. The molecule has 5 amide bonds. The molecule has 230 valence electrons. The summed E-state index contributed by atoms with van der Waals surface area (Å²) in [7, 11) is -4.27. The van der Waals surface area contributed by atoms with E-state index in [1.807, 2.05) is 29.0 Å². The molecule has 0 bridgehead atoms. The Morgan fingerprint density at radius 2 is 1.65 bits per heavy atom. The standard InChI is InChI=1S/C26H32N8O8S/c35-23(29-19-14-17-4-1-2-5-18(17)15-19)21-22(28-8-7-27-21)30-24(36)32-10-12-33(13-11-32)43(40,41)31-25(37)42-16-20-6-3-9-34(20)26(38)39/h1-2,4-5,7-8,19-20H,3,6,9-16H2,(H,29,35)(H,31,37)(H,38,39)(H,28,30,36)/t20-/m0/s1. The van der Waals surface area contributed by atoms with Crippen LogP contribution in [-0.2, 0) is 27.8 Å². The Morgan fingerprint density at radius 1 is 0.977 bits per heavy atom. The molecule has 0 radical (unpaired) electrons. The van der Waals surface area contributed by atoms with Crippen molar-refractivity contribution in [1.29, 1.82) is 0 Å². The highest BCUT2D eigenvalue weighted by Gasteiger charge is 2.33. The van der Waals surface area contributed by atoms with Crippen molar-refractivity contribution in [2.24, 2.45) is 0 Å². The number of piperazine rings is 1. The maximum absolute atomic E-state index is 13.0. The zero-order chi connectivity index (χ0) is 30.6. The number of ether oxygens (including phenoxy) is 1. The van der Waals surface area contributed by atoms with Crippen LogP contribution in [0.5, 0.6) is 0 Å². The number of amides is 5. The number of benzene rings is 1. The zero-order valence-corrected chi connectivity index (χ0v) is 24.0. The number of carbonyl (C=O) groups excluding carboxylic acids is 3. The van der Waals surface area contributed by atoms with Gasteiger partial charge in [0.05, 0.1) is 6.04 Å². The summed E-state index contributed by atoms with van der Waals surface area (Å²) in [4.78, 5) is 60.1. The topological polar surface area (TPSA) is 203 Å². The summed E-state index contributed by atoms with van der Waals surface area (Å²) >= 11 is 0. The summed E-state index contributed by atoms with van der Waals surface area (Å²) in [5, 5.41) is 14.7. The lowest BCUT2D eigenvalue weighted by molar-refractivity contribution is 0.0934. The first kappa shape index (κ1) is 30.0. The monoisotopic (exact) mass is 616 g/mol. The maximum atomic E-state index is 13.0. The molecule has 2 aromatic rings. The molecule has 16 nitrogen and oxygen atoms in total. The lowest BCUT2D eigenvalue weighted by Crippen LogP contribution is -2.55. The van der Waals surface area contributed by atoms with Crippen LogP contribution in [0.4, 0.5) is 20.2 Å². The van der Waals surface area contributed by atoms with Crippen molar-refractivity contribution < 1.29 is 37.4 Å². The molecule has 3 aliphatic rings. The largest absolute Gasteiger partial charge is 0.465 e. The summed E-state index contributed by atoms with van der Waals surface area (Å²) in [5.41, 5.74) is 2.30. The molecular weight excluding hydrogens is 584 g/mol. The van der Waals surface area contributed by atoms with Gasteiger partial charge >= 0.3 is 28.4 Å². The Balaban J connectivity index is 1.10. The van der Waals surface area contributed by atoms with Gasteiger partial charge in [0.25, 0.3) is 5.91 Å². The molecule has 2 saturated heterocycles. The molecule has 5 rings (SSSR count). The van der Waals surface area contributed by atoms with Crippen molar-refractivity contribution in [3.63, 3.8) is 0 Å². The van der Waals surface area contributed by atoms with Gasteiger partial charge in [-0.15, -0.1) is 0 Å². The lowest BCUT2D eigenvalue weighted by atomic mass is 10.1. The van der Waals surface area contributed by atoms with E-state index in [1.54, 1.807) is 0 Å². The highest BCUT2D eigenvalue weighted by atomic mass is 32.2. The summed E-state index contributed by atoms with van der Waals surface area (Å²) in [6.45, 7) is -0.164. The summed E-state index contributed by atoms with van der Waals surface area (Å²) < 4.78 is 33.2. The smallest absolute Gasteiger partial charge is 0.421 e. The van der Waals surface area contributed by atoms with E-state index in [0.29, 0.717) is 32.2 Å². The number of rotatable bonds is 7. The molecule has 4 N–H and O–H groups in total. The second kappa shape index (κ2) is 12.8. The number of fused-ring (bicyclic) bond motifs is 1. The van der Waals surface area contributed by atoms with E-state index in [2.05, 4.69) is 20.6 Å². The highest BCUT2D eigenvalue weighted by Crippen LogP contribution is 2.22. The molecule has 0 unspecified atom stereocenters. The van der Waals surface area contributed by atoms with Crippen molar-refractivity contribution in [1.82, 2.24) is 34.1 Å². The number of carboxylic acid groups (broad SMARTS) is 1. The molecule has 1 atom stereocenters. The van der Waals surface area contributed by atoms with E-state index in [1.165, 1.54) is 28.4 Å². The molecule has 2 fully saturated rings. The predicted molar refractivity (Wildman–Crippen MR) is 150 cm³/mol. The van der Waals surface area contributed by atoms with Gasteiger partial charge in [0.1, 0.15) is 6.61 Å². The zero-order valence-electron chi connectivity index (χ0n) is 23.1. The Bertz CT molecular complexity index is 1470. The molecule has 0 spiro atoms. The SMILES string of the molecule is O=C(NS(=O)(=O)N1CCN(C(=O)Nc2nccnc2C(=O)NC2Cc3ccccc3C2)CC1)OC[C@@H]1CCCN1C(=O)O. The molecule has 1 aliphatic carbocycles. The van der Waals surface area contributed by atoms with Gasteiger partial charge in [-0.1, -0.05) is 24.3 Å². The highest BCUT2D eigenvalue weighted by molar-refractivity contribution is 7.87. The fourth-order valence-corrected chi connectivity index (χ4v) is 6.50. The number of hydrogen-bond acceptors (Lipinski definition) is 9. The predicted octanol–water partition coefficient (Wildman–Crippen LogP) is 0.637. The van der Waals surface area contributed by atoms with Gasteiger partial charge in [-0.05, 0) is 36.8 Å². The molecule has 0 saturated carbocycles. The van der Waals surface area contributed by atoms with E-state index in [-0.39, 0.29) is 50.3 Å². The minimum absolute atomic E-state index is 0.000435. The number of nitrogens with one attached hydrogen (secondary N) is 3. The van der Waals surface area contributed by atoms with Crippen molar-refractivity contribution in [3.05, 3.63) is 53.5 Å². The molecule has 2 aliphatic heterocycles. The third kappa shape index (κ3) is 7.11. The number of anilines is 1. The van der Waals surface area contributed by atoms with Crippen LogP contribution in [0.15, 0.2) is 36.7 Å². The van der Waals surface area contributed by atoms with Crippen LogP contribution < -0.4 is 15.4 Å². The van der Waals surface area contributed by atoms with Crippen molar-refractivity contribution in [2.75, 3.05) is 44.6 Å². The minimum Gasteiger partial charge on any atom is -0.465 e. The molecule has 3 heterocycles. The van der Waals surface area contributed by atoms with Gasteiger partial charge in [-0.2, -0.15) is 12.7 Å². The van der Waals surface area contributed by atoms with E-state index >= 15 is 0 Å². The Morgan fingerprint density at radius 3 is 2.33 bits per heavy atom. The van der Waals surface area contributed by atoms with E-state index < -0.39 is 40.4 Å². The van der Waals surface area contributed by atoms with Crippen molar-refractivity contribution in [2.45, 2.75) is 37.8 Å². The minimum atomic E-state index is -4.27. The number of likely N-dealkylation sites (tertiary alicyclic amines) is 1. The second-order valence-corrected chi connectivity index (χ2v) is 12.1. The molecule has 1 aromatic heterocycles. The van der Waals surface area contributed by atoms with Crippen molar-refractivity contribution in [3.8, 4) is 0 Å². The Labute approximate surface area is 247 Å². The van der Waals surface area contributed by atoms with Crippen LogP contribution in [0.2, 0.25) is 0 Å². The van der Waals surface area contributed by atoms with Gasteiger partial charge in [0, 0.05) is 51.2 Å². The molecular formula is C26H32N8O8S. The van der Waals surface area contributed by atoms with Gasteiger partial charge in [0.15, 0.2) is 11.5 Å². The van der Waals surface area contributed by atoms with E-state index in [4.69, 9.17) is 4.74 Å². The summed E-state index contributed by atoms with van der Waals surface area (Å²) in [5.74, 6) is -0.498. The molecule has 17 heteroatoms. The Kier molecular flexibility index (Phi) is 8.91. The van der Waals surface area contributed by atoms with E-state index in [0.717, 1.165) is 9.21 Å². The Hall–Kier alpha value is -4.51. The number of carbonyl (C=O) groups is 4. The first-order valence-electron chi connectivity index (χ1n) is 13.8. The van der Waals surface area contributed by atoms with Gasteiger partial charge in [0.2, 0.25) is 0 Å². The number of nitrogens with zero attached hydrogens (tertiary/aromatic N) is 5. The number of aromatic nitrogens is 2. The van der Waals surface area contributed by atoms with Crippen LogP contribution in [0.25, 0.3) is 0 Å². The number of urea groups is 1. The maximum Gasteiger partial charge on any atom is 0.421 e. The lowest BCUT2D eigenvalue weighted by Gasteiger charge is -2.33. The quantitative estimate of drug-likeness (QED) is 0.342. The molecule has 1 aromatic carbocycles. The molecule has 43 heavy (non-hydrogen) atoms. The van der Waals surface area contributed by atoms with Crippen molar-refractivity contribution >= 4 is 40.2 Å². The van der Waals surface area contributed by atoms with Gasteiger partial charge < -0.3 is 25.0 Å². The fourth-order valence-electron chi connectivity index (χ4n) is 5.45. The van der Waals surface area contributed by atoms with E-state index in [9.17, 15) is 32.7 Å². The number of hydrogen-bond donors (Lipinski definition) is 4. The van der Waals surface area contributed by atoms with Crippen LogP contribution in [-0.4, -0.2) is 113 Å². The van der Waals surface area contributed by atoms with Crippen LogP contribution in [0, 0.1) is 0 Å². The normalized spacial score (nSPS) is 19.0. The van der Waals surface area contributed by atoms with Crippen LogP contribution in [0.1, 0.15) is 34.5 Å². The second-order valence-electron chi connectivity index (χ2n) is 10.4. The average molecular weight is 617 g/mol. The first-order valence-corrected chi connectivity index (χ1v) is 15.2. The summed E-state index contributed by atoms with van der Waals surface area (Å²) in [6.07, 6.45) is 2.86. The fraction of sp³-hybridized carbons (Fsp3) is 0.462. The summed E-state index contributed by atoms with van der Waals surface area (Å²) in [6, 6.07) is 6.72. The third-order valence-electron chi connectivity index (χ3n) is 7.63. The van der Waals surface area contributed by atoms with Gasteiger partial charge in [-0.25, -0.2) is 29.1 Å². The average Bonchev–Trinajstić information content (AvgIpc) is 3.63. The van der Waals surface area contributed by atoms with Gasteiger partial charge in [-0.3, -0.25) is 10.1 Å². The van der Waals surface area contributed by atoms with Crippen LogP contribution in [0.3, 0.4) is 0 Å².